The number of amides is 1. The summed E-state index contributed by atoms with van der Waals surface area (Å²) in [5.41, 5.74) is 1.42. The molecule has 0 saturated heterocycles. The molecular weight excluding hydrogens is 360 g/mol. The number of hydrogen-bond acceptors (Lipinski definition) is 6. The first-order valence-corrected chi connectivity index (χ1v) is 8.84. The minimum atomic E-state index is -0.197. The minimum Gasteiger partial charge on any atom is -0.496 e. The van der Waals surface area contributed by atoms with Crippen LogP contribution >= 0.6 is 0 Å². The number of hydrogen-bond donors (Lipinski definition) is 1. The van der Waals surface area contributed by atoms with E-state index in [0.717, 1.165) is 5.56 Å². The molecular formula is C21H28N2O5. The van der Waals surface area contributed by atoms with E-state index in [-0.39, 0.29) is 11.9 Å². The summed E-state index contributed by atoms with van der Waals surface area (Å²) in [6.45, 7) is 0.391. The molecule has 1 amide bonds. The van der Waals surface area contributed by atoms with Gasteiger partial charge < -0.3 is 29.2 Å². The molecule has 1 N–H and O–H groups in total. The maximum absolute atomic E-state index is 12.7. The second-order valence-corrected chi connectivity index (χ2v) is 6.35. The van der Waals surface area contributed by atoms with Crippen LogP contribution in [0.1, 0.15) is 22.0 Å². The lowest BCUT2D eigenvalue weighted by Gasteiger charge is -2.26. The van der Waals surface area contributed by atoms with Gasteiger partial charge in [-0.1, -0.05) is 12.1 Å². The third kappa shape index (κ3) is 4.67. The molecule has 152 valence electrons. The number of ether oxygens (including phenoxy) is 4. The number of benzene rings is 2. The van der Waals surface area contributed by atoms with Crippen LogP contribution in [0, 0.1) is 0 Å². The predicted octanol–water partition coefficient (Wildman–Crippen LogP) is 2.75. The largest absolute Gasteiger partial charge is 0.496 e. The molecule has 7 nitrogen and oxygen atoms in total. The van der Waals surface area contributed by atoms with Crippen molar-refractivity contribution in [1.82, 2.24) is 10.2 Å². The number of carbonyl (C=O) groups excluding carboxylic acids is 1. The molecule has 0 heterocycles. The second-order valence-electron chi connectivity index (χ2n) is 6.35. The van der Waals surface area contributed by atoms with Gasteiger partial charge in [-0.3, -0.25) is 4.79 Å². The number of carbonyl (C=O) groups is 1. The van der Waals surface area contributed by atoms with Crippen LogP contribution in [0.25, 0.3) is 0 Å². The summed E-state index contributed by atoms with van der Waals surface area (Å²) in [5.74, 6) is 2.01. The Hall–Kier alpha value is -2.93. The average molecular weight is 388 g/mol. The zero-order valence-electron chi connectivity index (χ0n) is 17.2. The van der Waals surface area contributed by atoms with E-state index in [4.69, 9.17) is 18.9 Å². The van der Waals surface area contributed by atoms with Crippen molar-refractivity contribution in [2.75, 3.05) is 49.1 Å². The molecule has 2 aromatic rings. The molecule has 7 heteroatoms. The fraction of sp³-hybridized carbons (Fsp3) is 0.381. The van der Waals surface area contributed by atoms with Gasteiger partial charge in [0.15, 0.2) is 11.5 Å². The predicted molar refractivity (Wildman–Crippen MR) is 108 cm³/mol. The highest BCUT2D eigenvalue weighted by Gasteiger charge is 2.22. The van der Waals surface area contributed by atoms with Gasteiger partial charge in [-0.25, -0.2) is 0 Å². The Balaban J connectivity index is 2.28. The van der Waals surface area contributed by atoms with Gasteiger partial charge >= 0.3 is 0 Å². The Morgan fingerprint density at radius 1 is 0.929 bits per heavy atom. The van der Waals surface area contributed by atoms with Gasteiger partial charge in [0.25, 0.3) is 5.91 Å². The molecule has 0 fully saturated rings. The quantitative estimate of drug-likeness (QED) is 0.712. The number of nitrogens with one attached hydrogen (secondary N) is 1. The van der Waals surface area contributed by atoms with Crippen LogP contribution in [0.2, 0.25) is 0 Å². The highest BCUT2D eigenvalue weighted by molar-refractivity contribution is 5.96. The first-order chi connectivity index (χ1) is 13.5. The maximum Gasteiger partial charge on any atom is 0.255 e. The van der Waals surface area contributed by atoms with Crippen molar-refractivity contribution < 1.29 is 23.7 Å². The molecule has 0 bridgehead atoms. The number of likely N-dealkylation sites (N-methyl/N-ethyl adjacent to an activating group) is 1. The topological polar surface area (TPSA) is 69.3 Å². The van der Waals surface area contributed by atoms with Gasteiger partial charge in [-0.15, -0.1) is 0 Å². The first kappa shape index (κ1) is 21.4. The van der Waals surface area contributed by atoms with Crippen molar-refractivity contribution in [3.05, 3.63) is 47.5 Å². The van der Waals surface area contributed by atoms with E-state index in [1.54, 1.807) is 46.6 Å². The molecule has 0 aromatic heterocycles. The van der Waals surface area contributed by atoms with Crippen LogP contribution in [0.5, 0.6) is 23.0 Å². The van der Waals surface area contributed by atoms with E-state index in [1.165, 1.54) is 0 Å². The summed E-state index contributed by atoms with van der Waals surface area (Å²) in [5, 5.41) is 2.98. The SMILES string of the molecule is COc1ccccc1C(=O)NCC(c1cc(OC)c(OC)c(OC)c1)N(C)C. The Morgan fingerprint density at radius 3 is 2.00 bits per heavy atom. The van der Waals surface area contributed by atoms with E-state index in [9.17, 15) is 4.79 Å². The molecule has 2 aromatic carbocycles. The molecule has 1 unspecified atom stereocenters. The smallest absolute Gasteiger partial charge is 0.255 e. The van der Waals surface area contributed by atoms with Gasteiger partial charge in [0.1, 0.15) is 5.75 Å². The lowest BCUT2D eigenvalue weighted by atomic mass is 10.0. The normalized spacial score (nSPS) is 11.7. The molecule has 1 atom stereocenters. The number of methoxy groups -OCH3 is 4. The monoisotopic (exact) mass is 388 g/mol. The summed E-state index contributed by atoms with van der Waals surface area (Å²) in [6, 6.07) is 10.8. The molecule has 2 rings (SSSR count). The van der Waals surface area contributed by atoms with E-state index in [2.05, 4.69) is 5.32 Å². The van der Waals surface area contributed by atoms with E-state index >= 15 is 0 Å². The summed E-state index contributed by atoms with van der Waals surface area (Å²) >= 11 is 0. The number of para-hydroxylation sites is 1. The molecule has 0 aliphatic rings. The van der Waals surface area contributed by atoms with Crippen molar-refractivity contribution >= 4 is 5.91 Å². The van der Waals surface area contributed by atoms with Crippen molar-refractivity contribution in [3.8, 4) is 23.0 Å². The third-order valence-corrected chi connectivity index (χ3v) is 4.50. The van der Waals surface area contributed by atoms with Crippen molar-refractivity contribution in [2.24, 2.45) is 0 Å². The van der Waals surface area contributed by atoms with Crippen molar-refractivity contribution in [2.45, 2.75) is 6.04 Å². The van der Waals surface area contributed by atoms with E-state index < -0.39 is 0 Å². The Morgan fingerprint density at radius 2 is 1.50 bits per heavy atom. The summed E-state index contributed by atoms with van der Waals surface area (Å²) < 4.78 is 21.6. The summed E-state index contributed by atoms with van der Waals surface area (Å²) in [4.78, 5) is 14.7. The second kappa shape index (κ2) is 9.85. The van der Waals surface area contributed by atoms with Crippen LogP contribution in [0.15, 0.2) is 36.4 Å². The van der Waals surface area contributed by atoms with Gasteiger partial charge in [0, 0.05) is 6.54 Å². The zero-order chi connectivity index (χ0) is 20.7. The van der Waals surface area contributed by atoms with Crippen molar-refractivity contribution in [1.29, 1.82) is 0 Å². The maximum atomic E-state index is 12.7. The van der Waals surface area contributed by atoms with Crippen LogP contribution < -0.4 is 24.3 Å². The van der Waals surface area contributed by atoms with Gasteiger partial charge in [-0.2, -0.15) is 0 Å². The van der Waals surface area contributed by atoms with Crippen LogP contribution in [0.3, 0.4) is 0 Å². The highest BCUT2D eigenvalue weighted by atomic mass is 16.5. The number of rotatable bonds is 9. The molecule has 0 spiro atoms. The molecule has 0 radical (unpaired) electrons. The fourth-order valence-corrected chi connectivity index (χ4v) is 3.01. The number of nitrogens with zero attached hydrogens (tertiary/aromatic N) is 1. The first-order valence-electron chi connectivity index (χ1n) is 8.84. The zero-order valence-corrected chi connectivity index (χ0v) is 17.2. The average Bonchev–Trinajstić information content (AvgIpc) is 2.72. The molecule has 0 aliphatic carbocycles. The highest BCUT2D eigenvalue weighted by Crippen LogP contribution is 2.40. The van der Waals surface area contributed by atoms with E-state index in [0.29, 0.717) is 35.1 Å². The van der Waals surface area contributed by atoms with Gasteiger partial charge in [-0.05, 0) is 43.9 Å². The Bertz CT molecular complexity index is 782. The van der Waals surface area contributed by atoms with E-state index in [1.807, 2.05) is 37.2 Å². The third-order valence-electron chi connectivity index (χ3n) is 4.50. The summed E-state index contributed by atoms with van der Waals surface area (Å²) in [7, 11) is 10.2. The Labute approximate surface area is 166 Å². The molecule has 28 heavy (non-hydrogen) atoms. The van der Waals surface area contributed by atoms with Crippen molar-refractivity contribution in [3.63, 3.8) is 0 Å². The lowest BCUT2D eigenvalue weighted by molar-refractivity contribution is 0.0939. The van der Waals surface area contributed by atoms with Gasteiger partial charge in [0.2, 0.25) is 5.75 Å². The summed E-state index contributed by atoms with van der Waals surface area (Å²) in [6.07, 6.45) is 0. The van der Waals surface area contributed by atoms with Crippen LogP contribution in [-0.4, -0.2) is 59.9 Å². The molecule has 0 saturated carbocycles. The van der Waals surface area contributed by atoms with Crippen LogP contribution in [0.4, 0.5) is 0 Å². The lowest BCUT2D eigenvalue weighted by Crippen LogP contribution is -2.34. The van der Waals surface area contributed by atoms with Gasteiger partial charge in [0.05, 0.1) is 40.0 Å². The standard InChI is InChI=1S/C21H28N2O5/c1-23(2)16(13-22-21(24)15-9-7-8-10-17(15)25-3)14-11-18(26-4)20(28-6)19(12-14)27-5/h7-12,16H,13H2,1-6H3,(H,22,24). The minimum absolute atomic E-state index is 0.104. The fourth-order valence-electron chi connectivity index (χ4n) is 3.01. The Kier molecular flexibility index (Phi) is 7.52. The molecule has 0 aliphatic heterocycles. The van der Waals surface area contributed by atoms with Crippen LogP contribution in [-0.2, 0) is 0 Å².